The average molecular weight is 947 g/mol. The van der Waals surface area contributed by atoms with Crippen LogP contribution in [0.4, 0.5) is 39.5 Å². The van der Waals surface area contributed by atoms with E-state index in [-0.39, 0.29) is 30.9 Å². The van der Waals surface area contributed by atoms with Gasteiger partial charge in [-0.1, -0.05) is 0 Å². The van der Waals surface area contributed by atoms with Crippen LogP contribution in [-0.2, 0) is 45.5 Å². The summed E-state index contributed by atoms with van der Waals surface area (Å²) in [5, 5.41) is 20.8. The molecule has 0 spiro atoms. The standard InChI is InChI=1S/C11H10F3N3O.C11H10F3N3.C6H5F3N2O.C5H4IN.Zn/c12-11(13,14)7-17-6-3-9(16-17)10(18)8-1-4-15-5-2-8;12-11(13,14)8-17-6-3-10(16-17)7-9-1-4-15-5-2-9;7-6(8,9)4-11-2-1-5(3-12)10-11;6-5-1-3-7-4-2-5;/h1-6,10,18H,7H2;1-6H,7-8H2;1-3H,4H2;1-4H;. The van der Waals surface area contributed by atoms with Gasteiger partial charge in [0, 0.05) is 85.2 Å². The summed E-state index contributed by atoms with van der Waals surface area (Å²) in [5.74, 6) is 0. The van der Waals surface area contributed by atoms with Crippen LogP contribution in [0.1, 0.15) is 39.1 Å². The number of aldehydes is 1. The quantitative estimate of drug-likeness (QED) is 0.0730. The Balaban J connectivity index is 0.000000264. The number of hydrogen-bond acceptors (Lipinski definition) is 8. The van der Waals surface area contributed by atoms with Crippen LogP contribution in [0.3, 0.4) is 0 Å². The van der Waals surface area contributed by atoms with Gasteiger partial charge in [0.1, 0.15) is 31.4 Å². The first kappa shape index (κ1) is 46.6. The molecule has 22 heteroatoms. The number of aliphatic hydroxyl groups is 1. The summed E-state index contributed by atoms with van der Waals surface area (Å²) in [7, 11) is 0. The molecule has 0 aromatic carbocycles. The third-order valence-electron chi connectivity index (χ3n) is 6.24. The maximum absolute atomic E-state index is 12.1. The van der Waals surface area contributed by atoms with Crippen molar-refractivity contribution >= 4 is 28.9 Å². The van der Waals surface area contributed by atoms with Crippen molar-refractivity contribution in [2.24, 2.45) is 0 Å². The molecule has 6 aromatic rings. The van der Waals surface area contributed by atoms with Crippen molar-refractivity contribution in [2.75, 3.05) is 0 Å². The Morgan fingerprint density at radius 3 is 1.51 bits per heavy atom. The fourth-order valence-corrected chi connectivity index (χ4v) is 4.36. The van der Waals surface area contributed by atoms with Crippen LogP contribution in [0.2, 0.25) is 0 Å². The van der Waals surface area contributed by atoms with Crippen molar-refractivity contribution in [3.63, 3.8) is 0 Å². The van der Waals surface area contributed by atoms with E-state index in [1.54, 1.807) is 43.0 Å². The number of alkyl halides is 9. The van der Waals surface area contributed by atoms with Gasteiger partial charge in [-0.15, -0.1) is 0 Å². The predicted octanol–water partition coefficient (Wildman–Crippen LogP) is 7.29. The van der Waals surface area contributed by atoms with Gasteiger partial charge in [0.2, 0.25) is 0 Å². The molecular weight excluding hydrogens is 918 g/mol. The smallest absolute Gasteiger partial charge is 0.382 e. The van der Waals surface area contributed by atoms with Gasteiger partial charge in [0.05, 0.1) is 11.4 Å². The van der Waals surface area contributed by atoms with Gasteiger partial charge < -0.3 is 5.11 Å². The summed E-state index contributed by atoms with van der Waals surface area (Å²) < 4.78 is 111. The summed E-state index contributed by atoms with van der Waals surface area (Å²) in [6.45, 7) is -3.39. The van der Waals surface area contributed by atoms with E-state index in [0.29, 0.717) is 28.6 Å². The van der Waals surface area contributed by atoms with Gasteiger partial charge in [0.25, 0.3) is 0 Å². The number of halogens is 10. The topological polar surface area (TPSA) is 129 Å². The van der Waals surface area contributed by atoms with Crippen LogP contribution < -0.4 is 0 Å². The van der Waals surface area contributed by atoms with Crippen LogP contribution in [0.5, 0.6) is 0 Å². The summed E-state index contributed by atoms with van der Waals surface area (Å²) >= 11 is 2.24. The van der Waals surface area contributed by atoms with E-state index in [1.165, 1.54) is 40.5 Å². The largest absolute Gasteiger partial charge is 0.408 e. The Bertz CT molecular complexity index is 1960. The van der Waals surface area contributed by atoms with E-state index in [4.69, 9.17) is 0 Å². The number of carbonyl (C=O) groups excluding carboxylic acids is 1. The molecule has 11 nitrogen and oxygen atoms in total. The zero-order valence-corrected chi connectivity index (χ0v) is 33.4. The minimum Gasteiger partial charge on any atom is -0.382 e. The van der Waals surface area contributed by atoms with Crippen molar-refractivity contribution in [1.82, 2.24) is 44.3 Å². The van der Waals surface area contributed by atoms with Gasteiger partial charge >= 0.3 is 18.5 Å². The first-order valence-electron chi connectivity index (χ1n) is 15.2. The van der Waals surface area contributed by atoms with Gasteiger partial charge in [0.15, 0.2) is 6.29 Å². The maximum atomic E-state index is 12.1. The van der Waals surface area contributed by atoms with E-state index in [1.807, 2.05) is 24.3 Å². The molecule has 6 aromatic heterocycles. The fourth-order valence-electron chi connectivity index (χ4n) is 4.04. The van der Waals surface area contributed by atoms with Gasteiger partial charge in [-0.3, -0.25) is 33.8 Å². The Labute approximate surface area is 333 Å². The number of aliphatic hydroxyl groups excluding tert-OH is 1. The zero-order valence-electron chi connectivity index (χ0n) is 28.2. The van der Waals surface area contributed by atoms with Crippen LogP contribution in [0, 0.1) is 3.57 Å². The molecule has 1 unspecified atom stereocenters. The van der Waals surface area contributed by atoms with Crippen LogP contribution in [0.15, 0.2) is 110 Å². The number of hydrogen-bond donors (Lipinski definition) is 1. The monoisotopic (exact) mass is 945 g/mol. The SMILES string of the molecule is FC(F)(F)Cn1ccc(Cc2ccncc2)n1.Ic1ccncc1.O=Cc1ccn(CC(F)(F)F)n1.OC(c1ccncc1)c1ccn(CC(F)(F)F)n1.[Zn]. The number of pyridine rings is 3. The molecule has 6 heterocycles. The van der Waals surface area contributed by atoms with Crippen molar-refractivity contribution in [3.8, 4) is 0 Å². The normalized spacial score (nSPS) is 11.7. The summed E-state index contributed by atoms with van der Waals surface area (Å²) in [4.78, 5) is 21.5. The molecule has 1 atom stereocenters. The van der Waals surface area contributed by atoms with E-state index in [9.17, 15) is 49.4 Å². The van der Waals surface area contributed by atoms with Gasteiger partial charge in [-0.05, 0) is 88.3 Å². The minimum absolute atomic E-state index is 0. The second-order valence-corrected chi connectivity index (χ2v) is 12.0. The summed E-state index contributed by atoms with van der Waals surface area (Å²) in [6.07, 6.45) is 0.443. The number of nitrogens with zero attached hydrogens (tertiary/aromatic N) is 9. The van der Waals surface area contributed by atoms with E-state index in [0.717, 1.165) is 21.1 Å². The third-order valence-corrected chi connectivity index (χ3v) is 6.96. The Kier molecular flexibility index (Phi) is 18.7. The molecule has 0 bridgehead atoms. The second kappa shape index (κ2) is 22.1. The fraction of sp³-hybridized carbons (Fsp3) is 0.242. The molecule has 0 radical (unpaired) electrons. The molecule has 290 valence electrons. The summed E-state index contributed by atoms with van der Waals surface area (Å²) in [5.41, 5.74) is 2.28. The second-order valence-electron chi connectivity index (χ2n) is 10.7. The van der Waals surface area contributed by atoms with Crippen molar-refractivity contribution in [1.29, 1.82) is 0 Å². The first-order valence-corrected chi connectivity index (χ1v) is 16.2. The van der Waals surface area contributed by atoms with Crippen LogP contribution in [-0.4, -0.2) is 74.2 Å². The number of carbonyl (C=O) groups is 1. The number of rotatable bonds is 8. The van der Waals surface area contributed by atoms with Crippen molar-refractivity contribution in [3.05, 3.63) is 142 Å². The molecule has 0 saturated heterocycles. The van der Waals surface area contributed by atoms with E-state index in [2.05, 4.69) is 52.8 Å². The van der Waals surface area contributed by atoms with Crippen LogP contribution >= 0.6 is 22.6 Å². The molecule has 55 heavy (non-hydrogen) atoms. The zero-order chi connectivity index (χ0) is 39.8. The average Bonchev–Trinajstić information content (AvgIpc) is 3.86. The van der Waals surface area contributed by atoms with E-state index >= 15 is 0 Å². The molecule has 0 aliphatic heterocycles. The predicted molar refractivity (Wildman–Crippen MR) is 183 cm³/mol. The van der Waals surface area contributed by atoms with Crippen molar-refractivity contribution < 1.29 is 68.9 Å². The first-order chi connectivity index (χ1) is 25.4. The Morgan fingerprint density at radius 1 is 0.618 bits per heavy atom. The molecular formula is C33H29F9IN9O2Zn. The minimum atomic E-state index is -4.33. The van der Waals surface area contributed by atoms with Gasteiger partial charge in [-0.2, -0.15) is 54.8 Å². The van der Waals surface area contributed by atoms with Crippen LogP contribution in [0.25, 0.3) is 0 Å². The Morgan fingerprint density at radius 2 is 1.05 bits per heavy atom. The maximum Gasteiger partial charge on any atom is 0.408 e. The molecule has 0 aliphatic rings. The molecule has 0 aliphatic carbocycles. The molecule has 6 rings (SSSR count). The Hall–Kier alpha value is -4.57. The molecule has 0 amide bonds. The third kappa shape index (κ3) is 19.5. The molecule has 0 fully saturated rings. The van der Waals surface area contributed by atoms with Crippen molar-refractivity contribution in [2.45, 2.75) is 50.7 Å². The van der Waals surface area contributed by atoms with Gasteiger partial charge in [-0.25, -0.2) is 0 Å². The summed E-state index contributed by atoms with van der Waals surface area (Å²) in [6, 6.07) is 14.9. The molecule has 0 saturated carbocycles. The molecule has 1 N–H and O–H groups in total. The number of aromatic nitrogens is 9. The van der Waals surface area contributed by atoms with E-state index < -0.39 is 44.3 Å².